The van der Waals surface area contributed by atoms with Crippen molar-refractivity contribution in [3.8, 4) is 5.69 Å². The molecule has 0 bridgehead atoms. The Balaban J connectivity index is 2.17. The lowest BCUT2D eigenvalue weighted by molar-refractivity contribution is 0.824. The Morgan fingerprint density at radius 1 is 1.21 bits per heavy atom. The van der Waals surface area contributed by atoms with Gasteiger partial charge in [0.05, 0.1) is 16.2 Å². The van der Waals surface area contributed by atoms with Crippen LogP contribution in [0.5, 0.6) is 0 Å². The van der Waals surface area contributed by atoms with Crippen molar-refractivity contribution in [2.75, 3.05) is 0 Å². The molecule has 1 heterocycles. The number of para-hydroxylation sites is 1. The molecule has 0 spiro atoms. The van der Waals surface area contributed by atoms with Gasteiger partial charge in [0.1, 0.15) is 11.4 Å². The van der Waals surface area contributed by atoms with Gasteiger partial charge in [-0.15, -0.1) is 5.10 Å². The summed E-state index contributed by atoms with van der Waals surface area (Å²) in [6.07, 6.45) is 0. The lowest BCUT2D eigenvalue weighted by atomic mass is 10.2. The van der Waals surface area contributed by atoms with Crippen LogP contribution in [0, 0.1) is 5.41 Å². The van der Waals surface area contributed by atoms with Gasteiger partial charge >= 0.3 is 0 Å². The van der Waals surface area contributed by atoms with E-state index < -0.39 is 0 Å². The lowest BCUT2D eigenvalue weighted by Crippen LogP contribution is -2.12. The van der Waals surface area contributed by atoms with E-state index in [0.717, 1.165) is 16.7 Å². The highest BCUT2D eigenvalue weighted by Crippen LogP contribution is 2.22. The zero-order chi connectivity index (χ0) is 13.4. The summed E-state index contributed by atoms with van der Waals surface area (Å²) in [7, 11) is 0. The topological polar surface area (TPSA) is 80.6 Å². The van der Waals surface area contributed by atoms with Crippen molar-refractivity contribution in [2.45, 2.75) is 0 Å². The maximum atomic E-state index is 7.41. The molecule has 0 radical (unpaired) electrons. The summed E-state index contributed by atoms with van der Waals surface area (Å²) in [4.78, 5) is 0. The van der Waals surface area contributed by atoms with Crippen LogP contribution in [0.1, 0.15) is 5.56 Å². The van der Waals surface area contributed by atoms with Crippen LogP contribution in [0.15, 0.2) is 42.5 Å². The van der Waals surface area contributed by atoms with E-state index in [4.69, 9.17) is 22.7 Å². The quantitative estimate of drug-likeness (QED) is 0.554. The van der Waals surface area contributed by atoms with Crippen LogP contribution >= 0.6 is 11.6 Å². The fourth-order valence-electron chi connectivity index (χ4n) is 1.91. The monoisotopic (exact) mass is 271 g/mol. The SMILES string of the molecule is N=C(N)c1ccc(-n2nnc3ccccc32)cc1Cl. The number of fused-ring (bicyclic) bond motifs is 1. The van der Waals surface area contributed by atoms with Crippen LogP contribution in [0.4, 0.5) is 0 Å². The van der Waals surface area contributed by atoms with Crippen molar-refractivity contribution in [1.82, 2.24) is 15.0 Å². The van der Waals surface area contributed by atoms with Gasteiger partial charge in [0.15, 0.2) is 0 Å². The van der Waals surface area contributed by atoms with E-state index in [0.29, 0.717) is 10.6 Å². The minimum atomic E-state index is -0.0556. The van der Waals surface area contributed by atoms with Crippen LogP contribution in [-0.4, -0.2) is 20.8 Å². The number of nitrogen functional groups attached to an aromatic ring is 1. The Hall–Kier alpha value is -2.40. The lowest BCUT2D eigenvalue weighted by Gasteiger charge is -2.06. The van der Waals surface area contributed by atoms with E-state index in [1.807, 2.05) is 30.3 Å². The first-order valence-corrected chi connectivity index (χ1v) is 5.99. The number of amidine groups is 1. The smallest absolute Gasteiger partial charge is 0.124 e. The maximum Gasteiger partial charge on any atom is 0.124 e. The third kappa shape index (κ3) is 1.94. The first-order valence-electron chi connectivity index (χ1n) is 5.61. The molecule has 3 N–H and O–H groups in total. The van der Waals surface area contributed by atoms with Crippen LogP contribution in [-0.2, 0) is 0 Å². The van der Waals surface area contributed by atoms with Crippen molar-refractivity contribution in [3.63, 3.8) is 0 Å². The summed E-state index contributed by atoms with van der Waals surface area (Å²) in [6, 6.07) is 12.9. The molecule has 3 aromatic rings. The van der Waals surface area contributed by atoms with Crippen LogP contribution < -0.4 is 5.73 Å². The molecule has 94 valence electrons. The largest absolute Gasteiger partial charge is 0.384 e. The van der Waals surface area contributed by atoms with Crippen molar-refractivity contribution >= 4 is 28.5 Å². The Kier molecular flexibility index (Phi) is 2.68. The van der Waals surface area contributed by atoms with Crippen LogP contribution in [0.3, 0.4) is 0 Å². The molecule has 6 heteroatoms. The number of rotatable bonds is 2. The molecular formula is C13H10ClN5. The Morgan fingerprint density at radius 2 is 2.00 bits per heavy atom. The first-order chi connectivity index (χ1) is 9.16. The van der Waals surface area contributed by atoms with Gasteiger partial charge in [-0.25, -0.2) is 4.68 Å². The Bertz CT molecular complexity index is 778. The zero-order valence-electron chi connectivity index (χ0n) is 9.84. The molecule has 0 amide bonds. The van der Waals surface area contributed by atoms with E-state index >= 15 is 0 Å². The molecule has 2 aromatic carbocycles. The van der Waals surface area contributed by atoms with Crippen LogP contribution in [0.2, 0.25) is 5.02 Å². The molecule has 1 aromatic heterocycles. The molecule has 5 nitrogen and oxygen atoms in total. The second-order valence-corrected chi connectivity index (χ2v) is 4.47. The molecule has 0 aliphatic carbocycles. The summed E-state index contributed by atoms with van der Waals surface area (Å²) >= 11 is 6.11. The number of nitrogens with one attached hydrogen (secondary N) is 1. The highest BCUT2D eigenvalue weighted by atomic mass is 35.5. The normalized spacial score (nSPS) is 10.8. The van der Waals surface area contributed by atoms with Gasteiger partial charge in [0, 0.05) is 5.56 Å². The molecule has 19 heavy (non-hydrogen) atoms. The van der Waals surface area contributed by atoms with Crippen LogP contribution in [0.25, 0.3) is 16.7 Å². The third-order valence-corrected chi connectivity index (χ3v) is 3.15. The van der Waals surface area contributed by atoms with E-state index in [1.54, 1.807) is 16.8 Å². The molecule has 0 atom stereocenters. The summed E-state index contributed by atoms with van der Waals surface area (Å²) in [6.45, 7) is 0. The molecule has 0 saturated carbocycles. The average molecular weight is 272 g/mol. The van der Waals surface area contributed by atoms with Crippen molar-refractivity contribution in [1.29, 1.82) is 5.41 Å². The Labute approximate surface area is 114 Å². The summed E-state index contributed by atoms with van der Waals surface area (Å²) in [5, 5.41) is 16.0. The predicted molar refractivity (Wildman–Crippen MR) is 74.9 cm³/mol. The van der Waals surface area contributed by atoms with E-state index in [2.05, 4.69) is 10.3 Å². The minimum absolute atomic E-state index is 0.0556. The van der Waals surface area contributed by atoms with Crippen molar-refractivity contribution < 1.29 is 0 Å². The molecule has 0 saturated heterocycles. The number of benzene rings is 2. The van der Waals surface area contributed by atoms with Crippen molar-refractivity contribution in [3.05, 3.63) is 53.1 Å². The fourth-order valence-corrected chi connectivity index (χ4v) is 2.19. The van der Waals surface area contributed by atoms with Gasteiger partial charge in [-0.1, -0.05) is 28.9 Å². The van der Waals surface area contributed by atoms with Gasteiger partial charge in [-0.3, -0.25) is 5.41 Å². The summed E-state index contributed by atoms with van der Waals surface area (Å²) < 4.78 is 1.70. The standard InChI is InChI=1S/C13H10ClN5/c14-10-7-8(5-6-9(10)13(15)16)19-12-4-2-1-3-11(12)17-18-19/h1-7H,(H3,15,16). The molecule has 0 aliphatic heterocycles. The third-order valence-electron chi connectivity index (χ3n) is 2.84. The van der Waals surface area contributed by atoms with Gasteiger partial charge in [-0.05, 0) is 30.3 Å². The Morgan fingerprint density at radius 3 is 2.74 bits per heavy atom. The van der Waals surface area contributed by atoms with Crippen molar-refractivity contribution in [2.24, 2.45) is 5.73 Å². The zero-order valence-corrected chi connectivity index (χ0v) is 10.6. The molecular weight excluding hydrogens is 262 g/mol. The van der Waals surface area contributed by atoms with E-state index in [1.165, 1.54) is 0 Å². The summed E-state index contributed by atoms with van der Waals surface area (Å²) in [5.41, 5.74) is 8.44. The highest BCUT2D eigenvalue weighted by Gasteiger charge is 2.09. The van der Waals surface area contributed by atoms with Gasteiger partial charge in [0.25, 0.3) is 0 Å². The van der Waals surface area contributed by atoms with Gasteiger partial charge < -0.3 is 5.73 Å². The number of nitrogens with two attached hydrogens (primary N) is 1. The van der Waals surface area contributed by atoms with Gasteiger partial charge in [0.2, 0.25) is 0 Å². The number of halogens is 1. The number of aromatic nitrogens is 3. The van der Waals surface area contributed by atoms with E-state index in [-0.39, 0.29) is 5.84 Å². The highest BCUT2D eigenvalue weighted by molar-refractivity contribution is 6.34. The molecule has 0 fully saturated rings. The summed E-state index contributed by atoms with van der Waals surface area (Å²) in [5.74, 6) is -0.0556. The predicted octanol–water partition coefficient (Wildman–Crippen LogP) is 2.36. The number of hydrogen-bond donors (Lipinski definition) is 2. The second kappa shape index (κ2) is 4.37. The second-order valence-electron chi connectivity index (χ2n) is 4.07. The molecule has 0 unspecified atom stereocenters. The minimum Gasteiger partial charge on any atom is -0.384 e. The fraction of sp³-hybridized carbons (Fsp3) is 0. The molecule has 3 rings (SSSR count). The average Bonchev–Trinajstić information content (AvgIpc) is 2.82. The maximum absolute atomic E-state index is 7.41. The molecule has 0 aliphatic rings. The number of hydrogen-bond acceptors (Lipinski definition) is 3. The van der Waals surface area contributed by atoms with Gasteiger partial charge in [-0.2, -0.15) is 0 Å². The van der Waals surface area contributed by atoms with E-state index in [9.17, 15) is 0 Å². The number of nitrogens with zero attached hydrogens (tertiary/aromatic N) is 3. The first kappa shape index (κ1) is 11.7.